The Labute approximate surface area is 119 Å². The fraction of sp³-hybridized carbons (Fsp3) is 0.214. The molecular weight excluding hydrogens is 279 g/mol. The van der Waals surface area contributed by atoms with E-state index in [0.717, 1.165) is 24.1 Å². The highest BCUT2D eigenvalue weighted by Crippen LogP contribution is 2.41. The summed E-state index contributed by atoms with van der Waals surface area (Å²) in [5.41, 5.74) is 11.2. The summed E-state index contributed by atoms with van der Waals surface area (Å²) in [6.07, 6.45) is 2.22. The molecule has 1 saturated carbocycles. The van der Waals surface area contributed by atoms with Crippen molar-refractivity contribution >= 4 is 17.3 Å². The van der Waals surface area contributed by atoms with Crippen LogP contribution >= 0.6 is 11.6 Å². The second-order valence-corrected chi connectivity index (χ2v) is 5.12. The summed E-state index contributed by atoms with van der Waals surface area (Å²) >= 11 is 6.04. The van der Waals surface area contributed by atoms with Crippen molar-refractivity contribution in [3.8, 4) is 11.1 Å². The largest absolute Gasteiger partial charge is 0.241 e. The summed E-state index contributed by atoms with van der Waals surface area (Å²) in [6.45, 7) is 0. The minimum atomic E-state index is -0.446. The van der Waals surface area contributed by atoms with Gasteiger partial charge in [-0.05, 0) is 53.8 Å². The average molecular weight is 289 g/mol. The molecule has 2 aromatic rings. The zero-order chi connectivity index (χ0) is 14.1. The molecule has 0 radical (unpaired) electrons. The van der Waals surface area contributed by atoms with Crippen LogP contribution in [0.5, 0.6) is 0 Å². The quantitative estimate of drug-likeness (QED) is 0.324. The summed E-state index contributed by atoms with van der Waals surface area (Å²) in [5, 5.41) is 3.93. The van der Waals surface area contributed by atoms with Crippen LogP contribution in [-0.4, -0.2) is 4.98 Å². The molecule has 3 rings (SSSR count). The Morgan fingerprint density at radius 1 is 1.30 bits per heavy atom. The van der Waals surface area contributed by atoms with Gasteiger partial charge in [0.2, 0.25) is 0 Å². The maximum atomic E-state index is 13.3. The predicted octanol–water partition coefficient (Wildman–Crippen LogP) is 5.36. The molecule has 100 valence electrons. The number of nitrogens with zero attached hydrogens (tertiary/aromatic N) is 4. The lowest BCUT2D eigenvalue weighted by atomic mass is 10.0. The van der Waals surface area contributed by atoms with Crippen molar-refractivity contribution in [1.82, 2.24) is 4.98 Å². The SMILES string of the molecule is [N-]=[N+]=Nc1cc(F)ccc1-c1cc(Cl)nc(C2CC2)c1. The van der Waals surface area contributed by atoms with E-state index >= 15 is 0 Å². The molecule has 1 heterocycles. The minimum absolute atomic E-state index is 0.247. The molecule has 0 unspecified atom stereocenters. The molecule has 0 saturated heterocycles. The van der Waals surface area contributed by atoms with Crippen LogP contribution in [0.3, 0.4) is 0 Å². The van der Waals surface area contributed by atoms with Crippen LogP contribution in [0, 0.1) is 5.82 Å². The monoisotopic (exact) mass is 288 g/mol. The van der Waals surface area contributed by atoms with Gasteiger partial charge in [0.25, 0.3) is 0 Å². The number of rotatable bonds is 3. The van der Waals surface area contributed by atoms with Crippen molar-refractivity contribution in [1.29, 1.82) is 0 Å². The molecule has 1 aromatic heterocycles. The molecule has 0 amide bonds. The Hall–Kier alpha value is -2.10. The highest BCUT2D eigenvalue weighted by molar-refractivity contribution is 6.29. The van der Waals surface area contributed by atoms with Gasteiger partial charge in [-0.25, -0.2) is 9.37 Å². The minimum Gasteiger partial charge on any atom is -0.241 e. The Morgan fingerprint density at radius 3 is 2.80 bits per heavy atom. The fourth-order valence-corrected chi connectivity index (χ4v) is 2.36. The number of pyridine rings is 1. The molecule has 1 aliphatic rings. The van der Waals surface area contributed by atoms with Crippen molar-refractivity contribution in [3.05, 3.63) is 57.4 Å². The van der Waals surface area contributed by atoms with E-state index in [2.05, 4.69) is 15.0 Å². The van der Waals surface area contributed by atoms with Gasteiger partial charge in [-0.1, -0.05) is 22.8 Å². The fourth-order valence-electron chi connectivity index (χ4n) is 2.14. The van der Waals surface area contributed by atoms with E-state index in [-0.39, 0.29) is 5.69 Å². The maximum absolute atomic E-state index is 13.3. The van der Waals surface area contributed by atoms with Crippen molar-refractivity contribution in [2.24, 2.45) is 5.11 Å². The zero-order valence-electron chi connectivity index (χ0n) is 10.4. The molecule has 0 aliphatic heterocycles. The molecule has 20 heavy (non-hydrogen) atoms. The lowest BCUT2D eigenvalue weighted by Gasteiger charge is -2.08. The highest BCUT2D eigenvalue weighted by atomic mass is 35.5. The van der Waals surface area contributed by atoms with Crippen molar-refractivity contribution < 1.29 is 4.39 Å². The summed E-state index contributed by atoms with van der Waals surface area (Å²) in [7, 11) is 0. The van der Waals surface area contributed by atoms with Gasteiger partial charge in [-0.3, -0.25) is 0 Å². The van der Waals surface area contributed by atoms with Gasteiger partial charge in [0.15, 0.2) is 0 Å². The first-order valence-electron chi connectivity index (χ1n) is 6.20. The summed E-state index contributed by atoms with van der Waals surface area (Å²) in [5.74, 6) is 0.00883. The lowest BCUT2D eigenvalue weighted by molar-refractivity contribution is 0.628. The number of hydrogen-bond acceptors (Lipinski definition) is 2. The maximum Gasteiger partial charge on any atom is 0.129 e. The number of hydrogen-bond donors (Lipinski definition) is 0. The first-order valence-corrected chi connectivity index (χ1v) is 6.57. The molecule has 1 aliphatic carbocycles. The number of halogens is 2. The third-order valence-corrected chi connectivity index (χ3v) is 3.43. The van der Waals surface area contributed by atoms with E-state index in [1.807, 2.05) is 6.07 Å². The van der Waals surface area contributed by atoms with Gasteiger partial charge in [0.05, 0.1) is 0 Å². The summed E-state index contributed by atoms with van der Waals surface area (Å²) < 4.78 is 13.3. The highest BCUT2D eigenvalue weighted by Gasteiger charge is 2.26. The van der Waals surface area contributed by atoms with Gasteiger partial charge < -0.3 is 0 Å². The molecular formula is C14H10ClFN4. The number of aromatic nitrogens is 1. The molecule has 0 atom stereocenters. The standard InChI is InChI=1S/C14H10ClFN4/c15-14-6-9(5-12(18-14)8-1-2-8)11-4-3-10(16)7-13(11)19-20-17/h3-8H,1-2H2. The van der Waals surface area contributed by atoms with Crippen molar-refractivity contribution in [3.63, 3.8) is 0 Å². The van der Waals surface area contributed by atoms with Crippen LogP contribution in [0.1, 0.15) is 24.5 Å². The molecule has 4 nitrogen and oxygen atoms in total. The molecule has 0 bridgehead atoms. The normalized spacial score (nSPS) is 13.9. The topological polar surface area (TPSA) is 61.7 Å². The Balaban J connectivity index is 2.14. The molecule has 1 fully saturated rings. The van der Waals surface area contributed by atoms with E-state index in [1.54, 1.807) is 12.1 Å². The van der Waals surface area contributed by atoms with Crippen LogP contribution in [0.4, 0.5) is 10.1 Å². The van der Waals surface area contributed by atoms with Crippen LogP contribution in [0.25, 0.3) is 21.6 Å². The molecule has 1 aromatic carbocycles. The zero-order valence-corrected chi connectivity index (χ0v) is 11.2. The van der Waals surface area contributed by atoms with Crippen molar-refractivity contribution in [2.45, 2.75) is 18.8 Å². The summed E-state index contributed by atoms with van der Waals surface area (Å²) in [4.78, 5) is 7.04. The van der Waals surface area contributed by atoms with Gasteiger partial charge in [0, 0.05) is 22.2 Å². The third kappa shape index (κ3) is 2.59. The van der Waals surface area contributed by atoms with E-state index in [4.69, 9.17) is 17.1 Å². The smallest absolute Gasteiger partial charge is 0.129 e. The second kappa shape index (κ2) is 5.12. The van der Waals surface area contributed by atoms with Gasteiger partial charge in [-0.2, -0.15) is 0 Å². The lowest BCUT2D eigenvalue weighted by Crippen LogP contribution is -1.90. The number of benzene rings is 1. The van der Waals surface area contributed by atoms with E-state index < -0.39 is 5.82 Å². The van der Waals surface area contributed by atoms with E-state index in [1.165, 1.54) is 12.1 Å². The molecule has 6 heteroatoms. The Bertz CT molecular complexity index is 721. The van der Waals surface area contributed by atoms with Gasteiger partial charge >= 0.3 is 0 Å². The summed E-state index contributed by atoms with van der Waals surface area (Å²) in [6, 6.07) is 7.74. The first kappa shape index (κ1) is 12.9. The van der Waals surface area contributed by atoms with Crippen molar-refractivity contribution in [2.75, 3.05) is 0 Å². The molecule has 0 N–H and O–H groups in total. The third-order valence-electron chi connectivity index (χ3n) is 3.23. The van der Waals surface area contributed by atoms with Crippen LogP contribution in [0.2, 0.25) is 5.15 Å². The Kier molecular flexibility index (Phi) is 3.30. The van der Waals surface area contributed by atoms with E-state index in [9.17, 15) is 4.39 Å². The second-order valence-electron chi connectivity index (χ2n) is 4.73. The van der Waals surface area contributed by atoms with Gasteiger partial charge in [0.1, 0.15) is 11.0 Å². The molecule has 0 spiro atoms. The Morgan fingerprint density at radius 2 is 2.10 bits per heavy atom. The van der Waals surface area contributed by atoms with Crippen LogP contribution in [-0.2, 0) is 0 Å². The average Bonchev–Trinajstić information content (AvgIpc) is 3.23. The number of azide groups is 1. The van der Waals surface area contributed by atoms with E-state index in [0.29, 0.717) is 16.6 Å². The van der Waals surface area contributed by atoms with Crippen LogP contribution < -0.4 is 0 Å². The van der Waals surface area contributed by atoms with Crippen LogP contribution in [0.15, 0.2) is 35.4 Å². The van der Waals surface area contributed by atoms with Gasteiger partial charge in [-0.15, -0.1) is 0 Å². The predicted molar refractivity (Wildman–Crippen MR) is 75.4 cm³/mol. The first-order chi connectivity index (χ1) is 9.67.